The Morgan fingerprint density at radius 2 is 1.83 bits per heavy atom. The average Bonchev–Trinajstić information content (AvgIpc) is 2.89. The highest BCUT2D eigenvalue weighted by atomic mass is 32.2. The number of alkyl halides is 2. The van der Waals surface area contributed by atoms with E-state index < -0.39 is 45.2 Å². The first-order chi connectivity index (χ1) is 19.2. The highest BCUT2D eigenvalue weighted by Crippen LogP contribution is 2.27. The van der Waals surface area contributed by atoms with Crippen LogP contribution in [-0.2, 0) is 10.0 Å². The monoisotopic (exact) mass is 595 g/mol. The maximum atomic E-state index is 14.9. The number of benzene rings is 1. The smallest absolute Gasteiger partial charge is 0.278 e. The molecular formula is C27H36F3N7O3S. The Kier molecular flexibility index (Phi) is 8.93. The maximum Gasteiger partial charge on any atom is 0.278 e. The molecule has 1 fully saturated rings. The minimum absolute atomic E-state index is 0.0802. The molecule has 0 bridgehead atoms. The van der Waals surface area contributed by atoms with Crippen molar-refractivity contribution >= 4 is 32.8 Å². The van der Waals surface area contributed by atoms with Gasteiger partial charge in [-0.05, 0) is 65.8 Å². The van der Waals surface area contributed by atoms with Crippen LogP contribution in [0.1, 0.15) is 58.9 Å². The summed E-state index contributed by atoms with van der Waals surface area (Å²) in [5, 5.41) is 3.38. The molecule has 3 aromatic rings. The molecule has 0 spiro atoms. The van der Waals surface area contributed by atoms with E-state index in [2.05, 4.69) is 39.3 Å². The number of nitrogens with one attached hydrogen (secondary N) is 2. The van der Waals surface area contributed by atoms with Gasteiger partial charge in [0.25, 0.3) is 11.5 Å². The number of hydrogen-bond acceptors (Lipinski definition) is 8. The Hall–Kier alpha value is -3.26. The SMILES string of the molecule is CCC(F)(F)CS(=O)(=O)Nc1ccc(-c2nc3cnc(N[C@H]4CC[C@H](N(C)C)CC4)nc3n(C(C)C)c2=O)cc1F. The molecule has 1 saturated carbocycles. The van der Waals surface area contributed by atoms with Gasteiger partial charge in [-0.2, -0.15) is 4.98 Å². The first-order valence-electron chi connectivity index (χ1n) is 13.6. The Bertz CT molecular complexity index is 1570. The molecule has 0 unspecified atom stereocenters. The fourth-order valence-corrected chi connectivity index (χ4v) is 6.32. The molecule has 0 saturated heterocycles. The molecule has 0 radical (unpaired) electrons. The molecule has 4 rings (SSSR count). The van der Waals surface area contributed by atoms with Crippen molar-refractivity contribution in [3.05, 3.63) is 40.6 Å². The standard InChI is InChI=1S/C27H36F3N7O3S/c1-6-27(29,30)15-41(39,40)35-21-12-7-17(13-20(21)28)23-25(38)37(16(2)3)24-22(33-23)14-31-26(34-24)32-18-8-10-19(11-9-18)36(4)5/h7,12-14,16,18-19,35H,6,8-11,15H2,1-5H3,(H,31,32,34)/t18-,19-. The van der Waals surface area contributed by atoms with Gasteiger partial charge in [-0.15, -0.1) is 0 Å². The summed E-state index contributed by atoms with van der Waals surface area (Å²) in [6.07, 6.45) is 4.88. The Labute approximate surface area is 237 Å². The number of fused-ring (bicyclic) bond motifs is 1. The number of hydrogen-bond donors (Lipinski definition) is 2. The zero-order chi connectivity index (χ0) is 30.1. The molecule has 2 N–H and O–H groups in total. The zero-order valence-corrected chi connectivity index (χ0v) is 24.6. The topological polar surface area (TPSA) is 122 Å². The van der Waals surface area contributed by atoms with Crippen LogP contribution < -0.4 is 15.6 Å². The lowest BCUT2D eigenvalue weighted by Gasteiger charge is -2.32. The van der Waals surface area contributed by atoms with Crippen LogP contribution >= 0.6 is 0 Å². The molecule has 2 aromatic heterocycles. The Morgan fingerprint density at radius 3 is 2.41 bits per heavy atom. The number of nitrogens with zero attached hydrogens (tertiary/aromatic N) is 5. The van der Waals surface area contributed by atoms with Gasteiger partial charge in [0, 0.05) is 30.1 Å². The third-order valence-corrected chi connectivity index (χ3v) is 8.67. The van der Waals surface area contributed by atoms with Crippen molar-refractivity contribution in [2.45, 2.75) is 76.9 Å². The van der Waals surface area contributed by atoms with E-state index in [1.165, 1.54) is 16.8 Å². The number of aromatic nitrogens is 4. The second kappa shape index (κ2) is 11.9. The lowest BCUT2D eigenvalue weighted by atomic mass is 9.91. The van der Waals surface area contributed by atoms with Gasteiger partial charge in [0.2, 0.25) is 16.0 Å². The fourth-order valence-electron chi connectivity index (χ4n) is 4.99. The van der Waals surface area contributed by atoms with Crippen molar-refractivity contribution in [3.63, 3.8) is 0 Å². The van der Waals surface area contributed by atoms with Gasteiger partial charge in [0.1, 0.15) is 22.8 Å². The second-order valence-electron chi connectivity index (χ2n) is 11.0. The van der Waals surface area contributed by atoms with E-state index >= 15 is 0 Å². The first kappa shape index (κ1) is 30.7. The largest absolute Gasteiger partial charge is 0.351 e. The van der Waals surface area contributed by atoms with Crippen LogP contribution in [0.5, 0.6) is 0 Å². The molecule has 1 aromatic carbocycles. The number of sulfonamides is 1. The van der Waals surface area contributed by atoms with Crippen LogP contribution in [-0.4, -0.2) is 70.7 Å². The summed E-state index contributed by atoms with van der Waals surface area (Å²) in [6, 6.07) is 3.76. The van der Waals surface area contributed by atoms with E-state index in [4.69, 9.17) is 0 Å². The summed E-state index contributed by atoms with van der Waals surface area (Å²) in [5.74, 6) is -5.58. The predicted molar refractivity (Wildman–Crippen MR) is 153 cm³/mol. The van der Waals surface area contributed by atoms with Crippen LogP contribution in [0.25, 0.3) is 22.4 Å². The van der Waals surface area contributed by atoms with Crippen LogP contribution in [0, 0.1) is 5.82 Å². The van der Waals surface area contributed by atoms with Gasteiger partial charge < -0.3 is 10.2 Å². The summed E-state index contributed by atoms with van der Waals surface area (Å²) < 4.78 is 69.8. The summed E-state index contributed by atoms with van der Waals surface area (Å²) in [6.45, 7) is 4.78. The van der Waals surface area contributed by atoms with Crippen LogP contribution in [0.3, 0.4) is 0 Å². The lowest BCUT2D eigenvalue weighted by molar-refractivity contribution is 0.0219. The van der Waals surface area contributed by atoms with Crippen molar-refractivity contribution in [3.8, 4) is 11.3 Å². The highest BCUT2D eigenvalue weighted by molar-refractivity contribution is 7.92. The minimum atomic E-state index is -4.53. The van der Waals surface area contributed by atoms with Crippen LogP contribution in [0.2, 0.25) is 0 Å². The molecule has 2 heterocycles. The summed E-state index contributed by atoms with van der Waals surface area (Å²) in [7, 11) is -0.361. The molecule has 0 aliphatic heterocycles. The third kappa shape index (κ3) is 7.15. The molecule has 1 aliphatic rings. The summed E-state index contributed by atoms with van der Waals surface area (Å²) >= 11 is 0. The molecule has 10 nitrogen and oxygen atoms in total. The highest BCUT2D eigenvalue weighted by Gasteiger charge is 2.34. The quantitative estimate of drug-likeness (QED) is 0.348. The molecule has 0 atom stereocenters. The zero-order valence-electron chi connectivity index (χ0n) is 23.8. The Balaban J connectivity index is 1.63. The van der Waals surface area contributed by atoms with Gasteiger partial charge in [0.05, 0.1) is 11.9 Å². The van der Waals surface area contributed by atoms with Gasteiger partial charge in [-0.3, -0.25) is 14.1 Å². The van der Waals surface area contributed by atoms with E-state index in [9.17, 15) is 26.4 Å². The van der Waals surface area contributed by atoms with E-state index in [0.717, 1.165) is 44.7 Å². The Morgan fingerprint density at radius 1 is 1.15 bits per heavy atom. The van der Waals surface area contributed by atoms with Crippen LogP contribution in [0.4, 0.5) is 24.8 Å². The van der Waals surface area contributed by atoms with Crippen molar-refractivity contribution in [1.82, 2.24) is 24.4 Å². The van der Waals surface area contributed by atoms with Crippen molar-refractivity contribution in [2.24, 2.45) is 0 Å². The lowest BCUT2D eigenvalue weighted by Crippen LogP contribution is -2.36. The van der Waals surface area contributed by atoms with Gasteiger partial charge in [-0.25, -0.2) is 31.6 Å². The number of anilines is 2. The summed E-state index contributed by atoms with van der Waals surface area (Å²) in [4.78, 5) is 29.2. The molecule has 1 aliphatic carbocycles. The minimum Gasteiger partial charge on any atom is -0.351 e. The molecule has 41 heavy (non-hydrogen) atoms. The van der Waals surface area contributed by atoms with Crippen molar-refractivity contribution in [1.29, 1.82) is 0 Å². The van der Waals surface area contributed by atoms with Gasteiger partial charge in [-0.1, -0.05) is 13.0 Å². The van der Waals surface area contributed by atoms with E-state index in [-0.39, 0.29) is 23.3 Å². The van der Waals surface area contributed by atoms with Gasteiger partial charge in [0.15, 0.2) is 5.65 Å². The molecule has 0 amide bonds. The van der Waals surface area contributed by atoms with Crippen molar-refractivity contribution < 1.29 is 21.6 Å². The average molecular weight is 596 g/mol. The fraction of sp³-hybridized carbons (Fsp3) is 0.556. The maximum absolute atomic E-state index is 14.9. The predicted octanol–water partition coefficient (Wildman–Crippen LogP) is 4.65. The number of rotatable bonds is 10. The second-order valence-corrected chi connectivity index (χ2v) is 12.7. The van der Waals surface area contributed by atoms with Crippen molar-refractivity contribution in [2.75, 3.05) is 29.9 Å². The molecular weight excluding hydrogens is 559 g/mol. The van der Waals surface area contributed by atoms with Crippen LogP contribution in [0.15, 0.2) is 29.2 Å². The molecule has 224 valence electrons. The van der Waals surface area contributed by atoms with Gasteiger partial charge >= 0.3 is 0 Å². The van der Waals surface area contributed by atoms with E-state index in [1.807, 2.05) is 18.6 Å². The molecule has 14 heteroatoms. The normalized spacial score (nSPS) is 18.3. The van der Waals surface area contributed by atoms with E-state index in [1.54, 1.807) is 0 Å². The summed E-state index contributed by atoms with van der Waals surface area (Å²) in [5.41, 5.74) is -0.367. The first-order valence-corrected chi connectivity index (χ1v) is 15.3. The third-order valence-electron chi connectivity index (χ3n) is 7.33. The number of halogens is 3. The van der Waals surface area contributed by atoms with E-state index in [0.29, 0.717) is 23.2 Å².